The van der Waals surface area contributed by atoms with Gasteiger partial charge in [-0.15, -0.1) is 0 Å². The number of hydrogen-bond acceptors (Lipinski definition) is 2. The first kappa shape index (κ1) is 8.52. The minimum Gasteiger partial charge on any atom is -0.393 e. The maximum absolute atomic E-state index is 9.50. The van der Waals surface area contributed by atoms with Crippen LogP contribution in [-0.2, 0) is 0 Å². The summed E-state index contributed by atoms with van der Waals surface area (Å²) >= 11 is 0. The quantitative estimate of drug-likeness (QED) is 0.590. The highest BCUT2D eigenvalue weighted by molar-refractivity contribution is 4.92. The Kier molecular flexibility index (Phi) is 2.13. The molecule has 1 N–H and O–H groups in total. The normalized spacial score (nSPS) is 36.0. The van der Waals surface area contributed by atoms with Gasteiger partial charge in [0.25, 0.3) is 0 Å². The number of piperidine rings is 1. The van der Waals surface area contributed by atoms with E-state index in [0.717, 1.165) is 12.8 Å². The summed E-state index contributed by atoms with van der Waals surface area (Å²) in [5.41, 5.74) is 0.534. The van der Waals surface area contributed by atoms with Crippen molar-refractivity contribution in [3.63, 3.8) is 0 Å². The number of nitrogens with zero attached hydrogens (tertiary/aromatic N) is 1. The van der Waals surface area contributed by atoms with E-state index in [0.29, 0.717) is 5.41 Å². The Hall–Kier alpha value is -0.0800. The standard InChI is InChI=1S/C10H19NO/c1-11-6-4-10(5-7-11)3-2-9(12)8-10/h9,12H,2-8H2,1H3. The van der Waals surface area contributed by atoms with Crippen molar-refractivity contribution < 1.29 is 5.11 Å². The van der Waals surface area contributed by atoms with Crippen molar-refractivity contribution in [2.45, 2.75) is 38.2 Å². The largest absolute Gasteiger partial charge is 0.393 e. The molecule has 0 aromatic carbocycles. The van der Waals surface area contributed by atoms with Crippen molar-refractivity contribution in [3.8, 4) is 0 Å². The molecule has 1 spiro atoms. The fourth-order valence-corrected chi connectivity index (χ4v) is 2.72. The van der Waals surface area contributed by atoms with Gasteiger partial charge in [0.05, 0.1) is 6.10 Å². The van der Waals surface area contributed by atoms with E-state index >= 15 is 0 Å². The van der Waals surface area contributed by atoms with Gasteiger partial charge in [0.2, 0.25) is 0 Å². The molecular weight excluding hydrogens is 150 g/mol. The van der Waals surface area contributed by atoms with Gasteiger partial charge in [-0.1, -0.05) is 0 Å². The van der Waals surface area contributed by atoms with Crippen molar-refractivity contribution in [2.24, 2.45) is 5.41 Å². The lowest BCUT2D eigenvalue weighted by Gasteiger charge is -2.37. The van der Waals surface area contributed by atoms with Crippen molar-refractivity contribution in [3.05, 3.63) is 0 Å². The first-order valence-electron chi connectivity index (χ1n) is 5.07. The molecule has 2 nitrogen and oxygen atoms in total. The molecule has 2 rings (SSSR count). The van der Waals surface area contributed by atoms with E-state index in [1.807, 2.05) is 0 Å². The van der Waals surface area contributed by atoms with Gasteiger partial charge < -0.3 is 10.0 Å². The van der Waals surface area contributed by atoms with E-state index in [4.69, 9.17) is 0 Å². The second kappa shape index (κ2) is 3.00. The summed E-state index contributed by atoms with van der Waals surface area (Å²) in [7, 11) is 2.19. The Morgan fingerprint density at radius 3 is 2.42 bits per heavy atom. The number of likely N-dealkylation sites (tertiary alicyclic amines) is 1. The molecule has 1 atom stereocenters. The average molecular weight is 169 g/mol. The molecule has 0 aromatic heterocycles. The SMILES string of the molecule is CN1CCC2(CCC(O)C2)CC1. The van der Waals surface area contributed by atoms with Gasteiger partial charge in [0, 0.05) is 0 Å². The summed E-state index contributed by atoms with van der Waals surface area (Å²) in [5.74, 6) is 0. The van der Waals surface area contributed by atoms with Crippen LogP contribution < -0.4 is 0 Å². The Morgan fingerprint density at radius 1 is 1.25 bits per heavy atom. The van der Waals surface area contributed by atoms with Gasteiger partial charge in [-0.25, -0.2) is 0 Å². The molecule has 1 unspecified atom stereocenters. The molecule has 0 aromatic rings. The van der Waals surface area contributed by atoms with Crippen molar-refractivity contribution in [1.29, 1.82) is 0 Å². The predicted molar refractivity (Wildman–Crippen MR) is 49.0 cm³/mol. The molecule has 2 fully saturated rings. The number of aliphatic hydroxyl groups excluding tert-OH is 1. The third-order valence-electron chi connectivity index (χ3n) is 3.72. The maximum atomic E-state index is 9.50. The minimum absolute atomic E-state index is 0.00778. The van der Waals surface area contributed by atoms with Crippen LogP contribution in [0.4, 0.5) is 0 Å². The number of hydrogen-bond donors (Lipinski definition) is 1. The highest BCUT2D eigenvalue weighted by atomic mass is 16.3. The lowest BCUT2D eigenvalue weighted by atomic mass is 9.77. The second-order valence-corrected chi connectivity index (χ2v) is 4.70. The van der Waals surface area contributed by atoms with Gasteiger partial charge in [-0.3, -0.25) is 0 Å². The third-order valence-corrected chi connectivity index (χ3v) is 3.72. The van der Waals surface area contributed by atoms with Crippen LogP contribution >= 0.6 is 0 Å². The fourth-order valence-electron chi connectivity index (χ4n) is 2.72. The summed E-state index contributed by atoms with van der Waals surface area (Å²) in [6.45, 7) is 2.46. The summed E-state index contributed by atoms with van der Waals surface area (Å²) in [6.07, 6.45) is 6.00. The summed E-state index contributed by atoms with van der Waals surface area (Å²) < 4.78 is 0. The second-order valence-electron chi connectivity index (χ2n) is 4.70. The van der Waals surface area contributed by atoms with E-state index in [-0.39, 0.29) is 6.10 Å². The van der Waals surface area contributed by atoms with Crippen molar-refractivity contribution in [1.82, 2.24) is 4.90 Å². The van der Waals surface area contributed by atoms with Crippen LogP contribution in [0.25, 0.3) is 0 Å². The molecule has 1 aliphatic carbocycles. The molecule has 1 heterocycles. The lowest BCUT2D eigenvalue weighted by Crippen LogP contribution is -2.36. The molecule has 0 radical (unpaired) electrons. The highest BCUT2D eigenvalue weighted by Crippen LogP contribution is 2.45. The van der Waals surface area contributed by atoms with E-state index < -0.39 is 0 Å². The Balaban J connectivity index is 1.95. The average Bonchev–Trinajstić information content (AvgIpc) is 2.40. The van der Waals surface area contributed by atoms with Gasteiger partial charge in [-0.2, -0.15) is 0 Å². The molecule has 1 saturated carbocycles. The van der Waals surface area contributed by atoms with Crippen LogP contribution in [-0.4, -0.2) is 36.2 Å². The van der Waals surface area contributed by atoms with Gasteiger partial charge in [0.1, 0.15) is 0 Å². The highest BCUT2D eigenvalue weighted by Gasteiger charge is 2.39. The Labute approximate surface area is 74.6 Å². The molecule has 0 bridgehead atoms. The first-order chi connectivity index (χ1) is 5.70. The van der Waals surface area contributed by atoms with Crippen LogP contribution in [0.15, 0.2) is 0 Å². The molecule has 70 valence electrons. The van der Waals surface area contributed by atoms with Crippen molar-refractivity contribution in [2.75, 3.05) is 20.1 Å². The van der Waals surface area contributed by atoms with Crippen LogP contribution in [0.3, 0.4) is 0 Å². The van der Waals surface area contributed by atoms with E-state index in [2.05, 4.69) is 11.9 Å². The van der Waals surface area contributed by atoms with Crippen LogP contribution in [0.5, 0.6) is 0 Å². The third kappa shape index (κ3) is 1.50. The molecule has 12 heavy (non-hydrogen) atoms. The molecule has 2 heteroatoms. The fraction of sp³-hybridized carbons (Fsp3) is 1.00. The maximum Gasteiger partial charge on any atom is 0.0545 e. The van der Waals surface area contributed by atoms with Crippen LogP contribution in [0, 0.1) is 5.41 Å². The first-order valence-corrected chi connectivity index (χ1v) is 5.07. The van der Waals surface area contributed by atoms with Gasteiger partial charge >= 0.3 is 0 Å². The van der Waals surface area contributed by atoms with Crippen LogP contribution in [0.2, 0.25) is 0 Å². The zero-order chi connectivity index (χ0) is 8.60. The Morgan fingerprint density at radius 2 is 1.92 bits per heavy atom. The summed E-state index contributed by atoms with van der Waals surface area (Å²) in [4.78, 5) is 2.40. The predicted octanol–water partition coefficient (Wildman–Crippen LogP) is 1.24. The van der Waals surface area contributed by atoms with E-state index in [1.54, 1.807) is 0 Å². The Bertz CT molecular complexity index is 161. The molecular formula is C10H19NO. The summed E-state index contributed by atoms with van der Waals surface area (Å²) in [5, 5.41) is 9.50. The van der Waals surface area contributed by atoms with E-state index in [1.165, 1.54) is 32.4 Å². The molecule has 2 aliphatic rings. The number of rotatable bonds is 0. The van der Waals surface area contributed by atoms with Gasteiger partial charge in [0.15, 0.2) is 0 Å². The van der Waals surface area contributed by atoms with Crippen LogP contribution in [0.1, 0.15) is 32.1 Å². The van der Waals surface area contributed by atoms with E-state index in [9.17, 15) is 5.11 Å². The van der Waals surface area contributed by atoms with Gasteiger partial charge in [-0.05, 0) is 57.7 Å². The van der Waals surface area contributed by atoms with Crippen molar-refractivity contribution >= 4 is 0 Å². The smallest absolute Gasteiger partial charge is 0.0545 e. The summed E-state index contributed by atoms with van der Waals surface area (Å²) in [6, 6.07) is 0. The minimum atomic E-state index is 0.00778. The zero-order valence-corrected chi connectivity index (χ0v) is 7.92. The lowest BCUT2D eigenvalue weighted by molar-refractivity contribution is 0.102. The number of aliphatic hydroxyl groups is 1. The molecule has 1 saturated heterocycles. The zero-order valence-electron chi connectivity index (χ0n) is 7.92. The molecule has 1 aliphatic heterocycles. The monoisotopic (exact) mass is 169 g/mol. The topological polar surface area (TPSA) is 23.5 Å². The molecule has 0 amide bonds.